The van der Waals surface area contributed by atoms with Gasteiger partial charge in [0.1, 0.15) is 17.2 Å². The first-order valence-corrected chi connectivity index (χ1v) is 19.9. The summed E-state index contributed by atoms with van der Waals surface area (Å²) in [6.45, 7) is 20.4. The number of pyridine rings is 2. The van der Waals surface area contributed by atoms with Gasteiger partial charge in [0, 0.05) is 33.9 Å². The fourth-order valence-electron chi connectivity index (χ4n) is 7.74. The molecule has 8 aromatic rings. The Labute approximate surface area is 337 Å². The molecule has 5 heteroatoms. The molecule has 0 aliphatic heterocycles. The highest BCUT2D eigenvalue weighted by molar-refractivity contribution is 6.09. The van der Waals surface area contributed by atoms with E-state index in [1.54, 1.807) is 6.07 Å². The van der Waals surface area contributed by atoms with Crippen LogP contribution in [0.5, 0.6) is 5.75 Å². The fourth-order valence-corrected chi connectivity index (χ4v) is 7.74. The van der Waals surface area contributed by atoms with Gasteiger partial charge in [0.05, 0.1) is 16.9 Å². The number of phenolic OH excluding ortho intramolecular Hbond substituents is 1. The van der Waals surface area contributed by atoms with E-state index in [9.17, 15) is 5.11 Å². The number of anilines is 3. The standard InChI is InChI=1S/C52H52N4O/c1-50(2,3)37-24-25-44-41(32-37)42-33-43(52(7,8)9)48(54-49(42)56(44)45-22-16-17-23-46(45)57)36-28-38(51(4,5)6)31-40(29-36)55(39-20-14-11-15-21-39)47-30-35(26-27-53-47)34-18-12-10-13-19-34/h10-33,57H,1-9H3. The molecule has 0 saturated carbocycles. The topological polar surface area (TPSA) is 54.2 Å². The van der Waals surface area contributed by atoms with E-state index < -0.39 is 0 Å². The maximum absolute atomic E-state index is 11.3. The van der Waals surface area contributed by atoms with Gasteiger partial charge in [-0.15, -0.1) is 0 Å². The summed E-state index contributed by atoms with van der Waals surface area (Å²) < 4.78 is 2.13. The van der Waals surface area contributed by atoms with Crippen molar-refractivity contribution in [2.75, 3.05) is 4.90 Å². The molecule has 0 radical (unpaired) electrons. The molecule has 0 amide bonds. The number of phenols is 1. The van der Waals surface area contributed by atoms with Gasteiger partial charge < -0.3 is 5.11 Å². The van der Waals surface area contributed by atoms with Crippen molar-refractivity contribution in [1.82, 2.24) is 14.5 Å². The minimum atomic E-state index is -0.246. The minimum absolute atomic E-state index is 0.0401. The Hall–Kier alpha value is -6.20. The highest BCUT2D eigenvalue weighted by Crippen LogP contribution is 2.44. The zero-order chi connectivity index (χ0) is 40.3. The quantitative estimate of drug-likeness (QED) is 0.184. The van der Waals surface area contributed by atoms with Gasteiger partial charge >= 0.3 is 0 Å². The number of fused-ring (bicyclic) bond motifs is 3. The predicted molar refractivity (Wildman–Crippen MR) is 240 cm³/mol. The van der Waals surface area contributed by atoms with Gasteiger partial charge in [0.15, 0.2) is 0 Å². The number of benzene rings is 5. The molecular formula is C52H52N4O. The molecule has 1 N–H and O–H groups in total. The molecule has 0 fully saturated rings. The number of hydrogen-bond donors (Lipinski definition) is 1. The van der Waals surface area contributed by atoms with Crippen LogP contribution in [0.1, 0.15) is 79.0 Å². The Bertz CT molecular complexity index is 2740. The largest absolute Gasteiger partial charge is 0.506 e. The molecule has 0 aliphatic carbocycles. The molecule has 0 bridgehead atoms. The molecule has 0 spiro atoms. The summed E-state index contributed by atoms with van der Waals surface area (Å²) in [6, 6.07) is 48.7. The van der Waals surface area contributed by atoms with E-state index in [0.717, 1.165) is 67.1 Å². The first kappa shape index (κ1) is 37.7. The number of rotatable bonds is 6. The number of nitrogens with zero attached hydrogens (tertiary/aromatic N) is 4. The van der Waals surface area contributed by atoms with Gasteiger partial charge in [-0.3, -0.25) is 9.47 Å². The second kappa shape index (κ2) is 14.1. The number of aromatic nitrogens is 3. The van der Waals surface area contributed by atoms with Gasteiger partial charge in [0.25, 0.3) is 0 Å². The Morgan fingerprint density at radius 2 is 1.19 bits per heavy atom. The average Bonchev–Trinajstić information content (AvgIpc) is 3.50. The van der Waals surface area contributed by atoms with Crippen molar-refractivity contribution in [3.8, 4) is 33.8 Å². The zero-order valence-electron chi connectivity index (χ0n) is 34.6. The molecular weight excluding hydrogens is 697 g/mol. The Balaban J connectivity index is 1.44. The Morgan fingerprint density at radius 3 is 1.86 bits per heavy atom. The van der Waals surface area contributed by atoms with Crippen LogP contribution in [0, 0.1) is 0 Å². The van der Waals surface area contributed by atoms with Crippen LogP contribution in [-0.2, 0) is 16.2 Å². The number of aromatic hydroxyl groups is 1. The third-order valence-corrected chi connectivity index (χ3v) is 11.0. The Morgan fingerprint density at radius 1 is 0.526 bits per heavy atom. The van der Waals surface area contributed by atoms with Gasteiger partial charge in [-0.1, -0.05) is 129 Å². The summed E-state index contributed by atoms with van der Waals surface area (Å²) in [6.07, 6.45) is 1.90. The molecule has 0 saturated heterocycles. The average molecular weight is 749 g/mol. The van der Waals surface area contributed by atoms with E-state index in [-0.39, 0.29) is 22.0 Å². The molecule has 8 rings (SSSR count). The second-order valence-corrected chi connectivity index (χ2v) is 18.3. The highest BCUT2D eigenvalue weighted by Gasteiger charge is 2.28. The number of hydrogen-bond acceptors (Lipinski definition) is 4. The lowest BCUT2D eigenvalue weighted by molar-refractivity contribution is 0.473. The van der Waals surface area contributed by atoms with Crippen LogP contribution in [0.4, 0.5) is 17.2 Å². The fraction of sp³-hybridized carbons (Fsp3) is 0.231. The Kier molecular flexibility index (Phi) is 9.31. The van der Waals surface area contributed by atoms with E-state index in [1.807, 2.05) is 30.5 Å². The van der Waals surface area contributed by atoms with Crippen molar-refractivity contribution in [2.24, 2.45) is 0 Å². The summed E-state index contributed by atoms with van der Waals surface area (Å²) in [5.74, 6) is 1.04. The van der Waals surface area contributed by atoms with Crippen LogP contribution >= 0.6 is 0 Å². The lowest BCUT2D eigenvalue weighted by atomic mass is 9.81. The van der Waals surface area contributed by atoms with E-state index >= 15 is 0 Å². The highest BCUT2D eigenvalue weighted by atomic mass is 16.3. The van der Waals surface area contributed by atoms with Crippen LogP contribution < -0.4 is 4.90 Å². The summed E-state index contributed by atoms with van der Waals surface area (Å²) in [7, 11) is 0. The van der Waals surface area contributed by atoms with Gasteiger partial charge in [-0.25, -0.2) is 9.97 Å². The lowest BCUT2D eigenvalue weighted by Gasteiger charge is -2.29. The molecule has 0 aliphatic rings. The van der Waals surface area contributed by atoms with Crippen molar-refractivity contribution in [1.29, 1.82) is 0 Å². The monoisotopic (exact) mass is 748 g/mol. The van der Waals surface area contributed by atoms with E-state index in [4.69, 9.17) is 9.97 Å². The van der Waals surface area contributed by atoms with Crippen molar-refractivity contribution < 1.29 is 5.11 Å². The third-order valence-electron chi connectivity index (χ3n) is 11.0. The summed E-state index contributed by atoms with van der Waals surface area (Å²) >= 11 is 0. The summed E-state index contributed by atoms with van der Waals surface area (Å²) in [5, 5.41) is 13.5. The van der Waals surface area contributed by atoms with Gasteiger partial charge in [-0.2, -0.15) is 0 Å². The maximum atomic E-state index is 11.3. The van der Waals surface area contributed by atoms with Gasteiger partial charge in [0.2, 0.25) is 0 Å². The van der Waals surface area contributed by atoms with Gasteiger partial charge in [-0.05, 0) is 117 Å². The van der Waals surface area contributed by atoms with Crippen LogP contribution in [0.2, 0.25) is 0 Å². The first-order chi connectivity index (χ1) is 27.1. The molecule has 0 atom stereocenters. The molecule has 3 heterocycles. The summed E-state index contributed by atoms with van der Waals surface area (Å²) in [5.41, 5.74) is 11.8. The van der Waals surface area contributed by atoms with Crippen LogP contribution in [-0.4, -0.2) is 19.6 Å². The lowest BCUT2D eigenvalue weighted by Crippen LogP contribution is -2.17. The molecule has 57 heavy (non-hydrogen) atoms. The zero-order valence-corrected chi connectivity index (χ0v) is 34.6. The third kappa shape index (κ3) is 7.19. The van der Waals surface area contributed by atoms with E-state index in [0.29, 0.717) is 5.69 Å². The molecule has 286 valence electrons. The van der Waals surface area contributed by atoms with Crippen molar-refractivity contribution >= 4 is 39.1 Å². The predicted octanol–water partition coefficient (Wildman–Crippen LogP) is 14.0. The maximum Gasteiger partial charge on any atom is 0.146 e. The second-order valence-electron chi connectivity index (χ2n) is 18.3. The van der Waals surface area contributed by atoms with E-state index in [2.05, 4.69) is 181 Å². The molecule has 5 aromatic carbocycles. The molecule has 5 nitrogen and oxygen atoms in total. The molecule has 0 unspecified atom stereocenters. The number of para-hydroxylation sites is 3. The first-order valence-electron chi connectivity index (χ1n) is 19.9. The summed E-state index contributed by atoms with van der Waals surface area (Å²) in [4.78, 5) is 13.0. The normalized spacial score (nSPS) is 12.4. The smallest absolute Gasteiger partial charge is 0.146 e. The van der Waals surface area contributed by atoms with Crippen LogP contribution in [0.25, 0.3) is 50.0 Å². The van der Waals surface area contributed by atoms with E-state index in [1.165, 1.54) is 11.1 Å². The van der Waals surface area contributed by atoms with Crippen molar-refractivity contribution in [3.63, 3.8) is 0 Å². The van der Waals surface area contributed by atoms with Crippen LogP contribution in [0.3, 0.4) is 0 Å². The molecule has 3 aromatic heterocycles. The minimum Gasteiger partial charge on any atom is -0.506 e. The SMILES string of the molecule is CC(C)(C)c1cc(-c2nc3c(cc2C(C)(C)C)c2cc(C(C)(C)C)ccc2n3-c2ccccc2O)cc(N(c2ccccc2)c2cc(-c3ccccc3)ccn2)c1. The van der Waals surface area contributed by atoms with Crippen LogP contribution in [0.15, 0.2) is 146 Å². The van der Waals surface area contributed by atoms with Crippen molar-refractivity contribution in [3.05, 3.63) is 162 Å². The van der Waals surface area contributed by atoms with Crippen molar-refractivity contribution in [2.45, 2.75) is 78.6 Å².